The highest BCUT2D eigenvalue weighted by molar-refractivity contribution is 6.07. The van der Waals surface area contributed by atoms with Gasteiger partial charge in [0, 0.05) is 23.6 Å². The Morgan fingerprint density at radius 2 is 2.00 bits per heavy atom. The van der Waals surface area contributed by atoms with E-state index in [4.69, 9.17) is 0 Å². The van der Waals surface area contributed by atoms with E-state index in [0.717, 1.165) is 16.5 Å². The predicted octanol–water partition coefficient (Wildman–Crippen LogP) is 3.46. The van der Waals surface area contributed by atoms with Gasteiger partial charge in [0.2, 0.25) is 0 Å². The predicted molar refractivity (Wildman–Crippen MR) is 65.5 cm³/mol. The summed E-state index contributed by atoms with van der Waals surface area (Å²) in [6, 6.07) is 9.58. The van der Waals surface area contributed by atoms with Crippen molar-refractivity contribution in [1.82, 2.24) is 4.98 Å². The van der Waals surface area contributed by atoms with Crippen LogP contribution in [-0.4, -0.2) is 10.8 Å². The number of para-hydroxylation sites is 1. The fraction of sp³-hybridized carbons (Fsp3) is 0.286. The Morgan fingerprint density at radius 3 is 2.75 bits per heavy atom. The SMILES string of the molecule is CC(C)CC(=O)c1ccnc2ccccc12. The van der Waals surface area contributed by atoms with Crippen LogP contribution in [0.2, 0.25) is 0 Å². The molecule has 0 bridgehead atoms. The van der Waals surface area contributed by atoms with Crippen molar-refractivity contribution in [1.29, 1.82) is 0 Å². The number of hydrogen-bond acceptors (Lipinski definition) is 2. The molecule has 82 valence electrons. The van der Waals surface area contributed by atoms with Gasteiger partial charge in [0.25, 0.3) is 0 Å². The summed E-state index contributed by atoms with van der Waals surface area (Å²) in [4.78, 5) is 16.3. The Labute approximate surface area is 95.3 Å². The Kier molecular flexibility index (Phi) is 3.00. The lowest BCUT2D eigenvalue weighted by atomic mass is 9.98. The second-order valence-electron chi connectivity index (χ2n) is 4.40. The monoisotopic (exact) mass is 213 g/mol. The van der Waals surface area contributed by atoms with E-state index in [0.29, 0.717) is 12.3 Å². The molecule has 2 rings (SSSR count). The fourth-order valence-corrected chi connectivity index (χ4v) is 1.82. The third-order valence-corrected chi connectivity index (χ3v) is 2.54. The van der Waals surface area contributed by atoms with Crippen molar-refractivity contribution in [2.24, 2.45) is 5.92 Å². The van der Waals surface area contributed by atoms with Gasteiger partial charge in [0.15, 0.2) is 5.78 Å². The van der Waals surface area contributed by atoms with Crippen molar-refractivity contribution >= 4 is 16.7 Å². The van der Waals surface area contributed by atoms with Crippen LogP contribution in [0.3, 0.4) is 0 Å². The molecule has 0 radical (unpaired) electrons. The standard InChI is InChI=1S/C14H15NO/c1-10(2)9-14(16)12-7-8-15-13-6-4-3-5-11(12)13/h3-8,10H,9H2,1-2H3. The molecule has 2 nitrogen and oxygen atoms in total. The third-order valence-electron chi connectivity index (χ3n) is 2.54. The van der Waals surface area contributed by atoms with Crippen molar-refractivity contribution in [3.8, 4) is 0 Å². The number of hydrogen-bond donors (Lipinski definition) is 0. The first-order valence-electron chi connectivity index (χ1n) is 5.55. The van der Waals surface area contributed by atoms with Gasteiger partial charge in [-0.05, 0) is 18.1 Å². The number of carbonyl (C=O) groups is 1. The highest BCUT2D eigenvalue weighted by atomic mass is 16.1. The molecule has 0 saturated carbocycles. The molecule has 0 N–H and O–H groups in total. The van der Waals surface area contributed by atoms with Crippen molar-refractivity contribution in [3.05, 3.63) is 42.1 Å². The van der Waals surface area contributed by atoms with E-state index in [-0.39, 0.29) is 5.78 Å². The number of Topliss-reactive ketones (excluding diaryl/α,β-unsaturated/α-hetero) is 1. The zero-order valence-corrected chi connectivity index (χ0v) is 9.60. The minimum atomic E-state index is 0.202. The molecule has 0 fully saturated rings. The van der Waals surface area contributed by atoms with Gasteiger partial charge in [-0.1, -0.05) is 32.0 Å². The van der Waals surface area contributed by atoms with Crippen LogP contribution in [0.1, 0.15) is 30.6 Å². The molecule has 16 heavy (non-hydrogen) atoms. The molecule has 0 aliphatic carbocycles. The summed E-state index contributed by atoms with van der Waals surface area (Å²) in [5.74, 6) is 0.591. The molecule has 0 amide bonds. The summed E-state index contributed by atoms with van der Waals surface area (Å²) in [5.41, 5.74) is 1.68. The van der Waals surface area contributed by atoms with Gasteiger partial charge >= 0.3 is 0 Å². The smallest absolute Gasteiger partial charge is 0.163 e. The van der Waals surface area contributed by atoms with Gasteiger partial charge in [-0.2, -0.15) is 0 Å². The molecular formula is C14H15NO. The van der Waals surface area contributed by atoms with Crippen LogP contribution in [0.25, 0.3) is 10.9 Å². The molecular weight excluding hydrogens is 198 g/mol. The van der Waals surface area contributed by atoms with Gasteiger partial charge < -0.3 is 0 Å². The van der Waals surface area contributed by atoms with Crippen LogP contribution in [0.4, 0.5) is 0 Å². The number of carbonyl (C=O) groups excluding carboxylic acids is 1. The summed E-state index contributed by atoms with van der Waals surface area (Å²) >= 11 is 0. The summed E-state index contributed by atoms with van der Waals surface area (Å²) in [5, 5.41) is 0.954. The van der Waals surface area contributed by atoms with Gasteiger partial charge in [-0.3, -0.25) is 9.78 Å². The topological polar surface area (TPSA) is 30.0 Å². The number of rotatable bonds is 3. The molecule has 0 unspecified atom stereocenters. The van der Waals surface area contributed by atoms with E-state index in [1.54, 1.807) is 6.20 Å². The Balaban J connectivity index is 2.48. The first kappa shape index (κ1) is 10.8. The molecule has 1 aromatic carbocycles. The lowest BCUT2D eigenvalue weighted by Crippen LogP contribution is -2.04. The highest BCUT2D eigenvalue weighted by Gasteiger charge is 2.11. The first-order valence-corrected chi connectivity index (χ1v) is 5.55. The van der Waals surface area contributed by atoms with Crippen molar-refractivity contribution < 1.29 is 4.79 Å². The van der Waals surface area contributed by atoms with Gasteiger partial charge in [-0.25, -0.2) is 0 Å². The maximum absolute atomic E-state index is 12.0. The van der Waals surface area contributed by atoms with Crippen LogP contribution >= 0.6 is 0 Å². The van der Waals surface area contributed by atoms with Crippen molar-refractivity contribution in [3.63, 3.8) is 0 Å². The lowest BCUT2D eigenvalue weighted by molar-refractivity contribution is 0.0969. The number of pyridine rings is 1. The number of aromatic nitrogens is 1. The fourth-order valence-electron chi connectivity index (χ4n) is 1.82. The Bertz CT molecular complexity index is 512. The maximum atomic E-state index is 12.0. The Hall–Kier alpha value is -1.70. The normalized spacial score (nSPS) is 10.9. The van der Waals surface area contributed by atoms with Crippen LogP contribution in [0.5, 0.6) is 0 Å². The maximum Gasteiger partial charge on any atom is 0.163 e. The first-order chi connectivity index (χ1) is 7.68. The Morgan fingerprint density at radius 1 is 1.25 bits per heavy atom. The van der Waals surface area contributed by atoms with E-state index >= 15 is 0 Å². The van der Waals surface area contributed by atoms with E-state index in [2.05, 4.69) is 18.8 Å². The van der Waals surface area contributed by atoms with E-state index in [1.807, 2.05) is 30.3 Å². The van der Waals surface area contributed by atoms with Crippen molar-refractivity contribution in [2.45, 2.75) is 20.3 Å². The zero-order valence-electron chi connectivity index (χ0n) is 9.60. The lowest BCUT2D eigenvalue weighted by Gasteiger charge is -2.06. The molecule has 1 aromatic heterocycles. The van der Waals surface area contributed by atoms with Crippen LogP contribution in [0.15, 0.2) is 36.5 Å². The molecule has 0 spiro atoms. The van der Waals surface area contributed by atoms with Crippen LogP contribution in [-0.2, 0) is 0 Å². The summed E-state index contributed by atoms with van der Waals surface area (Å²) in [6.45, 7) is 4.11. The third kappa shape index (κ3) is 2.11. The van der Waals surface area contributed by atoms with E-state index in [9.17, 15) is 4.79 Å². The second-order valence-corrected chi connectivity index (χ2v) is 4.40. The van der Waals surface area contributed by atoms with Gasteiger partial charge in [-0.15, -0.1) is 0 Å². The molecule has 2 heteroatoms. The molecule has 2 aromatic rings. The quantitative estimate of drug-likeness (QED) is 0.731. The van der Waals surface area contributed by atoms with Crippen molar-refractivity contribution in [2.75, 3.05) is 0 Å². The van der Waals surface area contributed by atoms with E-state index in [1.165, 1.54) is 0 Å². The number of ketones is 1. The number of fused-ring (bicyclic) bond motifs is 1. The molecule has 0 saturated heterocycles. The van der Waals surface area contributed by atoms with Crippen LogP contribution in [0, 0.1) is 5.92 Å². The summed E-state index contributed by atoms with van der Waals surface area (Å²) in [6.07, 6.45) is 2.30. The molecule has 0 aliphatic heterocycles. The average molecular weight is 213 g/mol. The largest absolute Gasteiger partial charge is 0.294 e. The summed E-state index contributed by atoms with van der Waals surface area (Å²) in [7, 11) is 0. The molecule has 1 heterocycles. The number of nitrogens with zero attached hydrogens (tertiary/aromatic N) is 1. The number of benzene rings is 1. The van der Waals surface area contributed by atoms with E-state index < -0.39 is 0 Å². The highest BCUT2D eigenvalue weighted by Crippen LogP contribution is 2.19. The average Bonchev–Trinajstić information content (AvgIpc) is 2.27. The van der Waals surface area contributed by atoms with Crippen LogP contribution < -0.4 is 0 Å². The summed E-state index contributed by atoms with van der Waals surface area (Å²) < 4.78 is 0. The molecule has 0 aliphatic rings. The zero-order chi connectivity index (χ0) is 11.5. The second kappa shape index (κ2) is 4.44. The van der Waals surface area contributed by atoms with Gasteiger partial charge in [0.1, 0.15) is 0 Å². The van der Waals surface area contributed by atoms with Gasteiger partial charge in [0.05, 0.1) is 5.52 Å². The minimum absolute atomic E-state index is 0.202. The molecule has 0 atom stereocenters. The minimum Gasteiger partial charge on any atom is -0.294 e.